The number of carbonyl (C=O) groups excluding carboxylic acids is 3. The van der Waals surface area contributed by atoms with Gasteiger partial charge in [0, 0.05) is 13.0 Å². The number of urea groups is 1. The van der Waals surface area contributed by atoms with Crippen molar-refractivity contribution in [1.29, 1.82) is 0 Å². The van der Waals surface area contributed by atoms with Crippen molar-refractivity contribution in [1.82, 2.24) is 10.2 Å². The number of esters is 1. The summed E-state index contributed by atoms with van der Waals surface area (Å²) in [4.78, 5) is 39.0. The molecule has 0 aliphatic rings. The van der Waals surface area contributed by atoms with Crippen molar-refractivity contribution in [2.24, 2.45) is 11.7 Å². The first kappa shape index (κ1) is 28.4. The van der Waals surface area contributed by atoms with E-state index in [-0.39, 0.29) is 32.0 Å². The number of ether oxygens (including phenoxy) is 1. The molecule has 0 aliphatic heterocycles. The maximum atomic E-state index is 13.2. The molecule has 8 heteroatoms. The number of nitrogens with zero attached hydrogens (tertiary/aromatic N) is 1. The lowest BCUT2D eigenvalue weighted by atomic mass is 10.0. The fraction of sp³-hybridized carbons (Fsp3) is 0.300. The maximum absolute atomic E-state index is 13.2. The Kier molecular flexibility index (Phi) is 10.4. The van der Waals surface area contributed by atoms with E-state index in [1.165, 1.54) is 4.90 Å². The predicted molar refractivity (Wildman–Crippen MR) is 146 cm³/mol. The minimum atomic E-state index is -1.52. The molecule has 1 unspecified atom stereocenters. The molecular formula is C30H35N3O5. The van der Waals surface area contributed by atoms with Gasteiger partial charge < -0.3 is 25.8 Å². The Balaban J connectivity index is 1.77. The fourth-order valence-corrected chi connectivity index (χ4v) is 3.94. The second kappa shape index (κ2) is 13.9. The van der Waals surface area contributed by atoms with Crippen molar-refractivity contribution in [3.05, 3.63) is 96.1 Å². The van der Waals surface area contributed by atoms with E-state index in [1.807, 2.05) is 98.8 Å². The number of amides is 3. The molecule has 0 heterocycles. The van der Waals surface area contributed by atoms with E-state index in [4.69, 9.17) is 10.5 Å². The van der Waals surface area contributed by atoms with Gasteiger partial charge >= 0.3 is 12.0 Å². The summed E-state index contributed by atoms with van der Waals surface area (Å²) in [6.45, 7) is 3.84. The molecule has 0 aromatic heterocycles. The van der Waals surface area contributed by atoms with Crippen molar-refractivity contribution < 1.29 is 24.2 Å². The van der Waals surface area contributed by atoms with Gasteiger partial charge in [0.1, 0.15) is 18.8 Å². The van der Waals surface area contributed by atoms with Crippen LogP contribution in [0.4, 0.5) is 4.79 Å². The van der Waals surface area contributed by atoms with Crippen LogP contribution >= 0.6 is 0 Å². The second-order valence-electron chi connectivity index (χ2n) is 9.58. The van der Waals surface area contributed by atoms with Crippen LogP contribution in [0.25, 0.3) is 11.1 Å². The number of nitrogens with two attached hydrogens (primary N) is 1. The van der Waals surface area contributed by atoms with E-state index < -0.39 is 30.1 Å². The Hall–Kier alpha value is -4.17. The summed E-state index contributed by atoms with van der Waals surface area (Å²) in [5.74, 6) is -1.46. The Labute approximate surface area is 223 Å². The average Bonchev–Trinajstić information content (AvgIpc) is 2.92. The van der Waals surface area contributed by atoms with Crippen molar-refractivity contribution in [3.8, 4) is 11.1 Å². The molecular weight excluding hydrogens is 482 g/mol. The number of aliphatic hydroxyl groups is 1. The Bertz CT molecular complexity index is 1180. The largest absolute Gasteiger partial charge is 0.459 e. The van der Waals surface area contributed by atoms with Crippen LogP contribution in [-0.4, -0.2) is 53.1 Å². The number of nitrogens with one attached hydrogen (secondary N) is 1. The molecule has 0 radical (unpaired) electrons. The van der Waals surface area contributed by atoms with E-state index in [2.05, 4.69) is 5.32 Å². The van der Waals surface area contributed by atoms with Crippen LogP contribution in [0.1, 0.15) is 25.0 Å². The average molecular weight is 518 g/mol. The van der Waals surface area contributed by atoms with Gasteiger partial charge in [0.15, 0.2) is 0 Å². The molecule has 0 fully saturated rings. The molecule has 200 valence electrons. The van der Waals surface area contributed by atoms with Gasteiger partial charge in [0.05, 0.1) is 6.54 Å². The summed E-state index contributed by atoms with van der Waals surface area (Å²) in [5.41, 5.74) is 8.96. The molecule has 0 spiro atoms. The molecule has 0 saturated carbocycles. The molecule has 8 nitrogen and oxygen atoms in total. The smallest absolute Gasteiger partial charge is 0.329 e. The van der Waals surface area contributed by atoms with Gasteiger partial charge in [-0.25, -0.2) is 9.59 Å². The van der Waals surface area contributed by atoms with Crippen molar-refractivity contribution in [2.75, 3.05) is 13.1 Å². The van der Waals surface area contributed by atoms with Crippen molar-refractivity contribution in [3.63, 3.8) is 0 Å². The molecule has 3 aromatic rings. The van der Waals surface area contributed by atoms with Crippen LogP contribution in [0.5, 0.6) is 0 Å². The first-order valence-corrected chi connectivity index (χ1v) is 12.6. The molecule has 0 bridgehead atoms. The lowest BCUT2D eigenvalue weighted by Gasteiger charge is -2.28. The van der Waals surface area contributed by atoms with Crippen LogP contribution in [0, 0.1) is 5.92 Å². The standard InChI is InChI=1S/C30H35N3O5/c1-21(2)18-33(19-27(34)28(31)35)30(37)32-26(29(36)38-20-23-9-5-3-6-10-23)17-22-13-15-25(16-14-22)24-11-7-4-8-12-24/h3-16,21,26-27,34H,17-20H2,1-2H3,(H2,31,35)(H,32,37)/t26-,27?/m0/s1. The molecule has 0 saturated heterocycles. The minimum Gasteiger partial charge on any atom is -0.459 e. The highest BCUT2D eigenvalue weighted by Gasteiger charge is 2.28. The Morgan fingerprint density at radius 3 is 2.00 bits per heavy atom. The number of rotatable bonds is 12. The number of hydrogen-bond donors (Lipinski definition) is 3. The number of benzene rings is 3. The molecule has 2 atom stereocenters. The van der Waals surface area contributed by atoms with Crippen LogP contribution < -0.4 is 11.1 Å². The summed E-state index contributed by atoms with van der Waals surface area (Å²) in [6.07, 6.45) is -1.32. The number of aliphatic hydroxyl groups excluding tert-OH is 1. The Morgan fingerprint density at radius 1 is 0.842 bits per heavy atom. The van der Waals surface area contributed by atoms with Gasteiger partial charge in [-0.15, -0.1) is 0 Å². The van der Waals surface area contributed by atoms with Crippen LogP contribution in [-0.2, 0) is 27.4 Å². The Morgan fingerprint density at radius 2 is 1.42 bits per heavy atom. The van der Waals surface area contributed by atoms with E-state index in [0.717, 1.165) is 22.3 Å². The summed E-state index contributed by atoms with van der Waals surface area (Å²) in [5, 5.41) is 12.7. The summed E-state index contributed by atoms with van der Waals surface area (Å²) in [7, 11) is 0. The highest BCUT2D eigenvalue weighted by atomic mass is 16.5. The maximum Gasteiger partial charge on any atom is 0.329 e. The number of primary amides is 1. The lowest BCUT2D eigenvalue weighted by molar-refractivity contribution is -0.147. The SMILES string of the molecule is CC(C)CN(CC(O)C(N)=O)C(=O)N[C@@H](Cc1ccc(-c2ccccc2)cc1)C(=O)OCc1ccccc1. The van der Waals surface area contributed by atoms with Crippen LogP contribution in [0.2, 0.25) is 0 Å². The lowest BCUT2D eigenvalue weighted by Crippen LogP contribution is -2.53. The van der Waals surface area contributed by atoms with Crippen LogP contribution in [0.15, 0.2) is 84.9 Å². The van der Waals surface area contributed by atoms with Gasteiger partial charge in [-0.1, -0.05) is 98.8 Å². The summed E-state index contributed by atoms with van der Waals surface area (Å²) in [6, 6.07) is 25.4. The molecule has 4 N–H and O–H groups in total. The van der Waals surface area contributed by atoms with Gasteiger partial charge in [0.25, 0.3) is 0 Å². The van der Waals surface area contributed by atoms with Gasteiger partial charge in [-0.2, -0.15) is 0 Å². The third-order valence-corrected chi connectivity index (χ3v) is 5.90. The van der Waals surface area contributed by atoms with Gasteiger partial charge in [-0.05, 0) is 28.2 Å². The molecule has 3 rings (SSSR count). The third-order valence-electron chi connectivity index (χ3n) is 5.90. The number of carbonyl (C=O) groups is 3. The van der Waals surface area contributed by atoms with Crippen molar-refractivity contribution >= 4 is 17.9 Å². The van der Waals surface area contributed by atoms with E-state index in [0.29, 0.717) is 0 Å². The van der Waals surface area contributed by atoms with Gasteiger partial charge in [-0.3, -0.25) is 4.79 Å². The zero-order valence-corrected chi connectivity index (χ0v) is 21.7. The van der Waals surface area contributed by atoms with Gasteiger partial charge in [0.2, 0.25) is 5.91 Å². The topological polar surface area (TPSA) is 122 Å². The first-order chi connectivity index (χ1) is 18.2. The zero-order chi connectivity index (χ0) is 27.5. The van der Waals surface area contributed by atoms with E-state index >= 15 is 0 Å². The van der Waals surface area contributed by atoms with Crippen LogP contribution in [0.3, 0.4) is 0 Å². The van der Waals surface area contributed by atoms with E-state index in [9.17, 15) is 19.5 Å². The quantitative estimate of drug-likeness (QED) is 0.317. The first-order valence-electron chi connectivity index (χ1n) is 12.6. The molecule has 3 aromatic carbocycles. The molecule has 38 heavy (non-hydrogen) atoms. The third kappa shape index (κ3) is 8.74. The zero-order valence-electron chi connectivity index (χ0n) is 21.7. The highest BCUT2D eigenvalue weighted by molar-refractivity contribution is 5.85. The van der Waals surface area contributed by atoms with Crippen molar-refractivity contribution in [2.45, 2.75) is 39.0 Å². The second-order valence-corrected chi connectivity index (χ2v) is 9.58. The van der Waals surface area contributed by atoms with E-state index in [1.54, 1.807) is 0 Å². The predicted octanol–water partition coefficient (Wildman–Crippen LogP) is 3.52. The monoisotopic (exact) mass is 517 g/mol. The molecule has 0 aliphatic carbocycles. The summed E-state index contributed by atoms with van der Waals surface area (Å²) >= 11 is 0. The minimum absolute atomic E-state index is 0.0508. The molecule has 3 amide bonds. The summed E-state index contributed by atoms with van der Waals surface area (Å²) < 4.78 is 5.54. The number of hydrogen-bond acceptors (Lipinski definition) is 5. The highest BCUT2D eigenvalue weighted by Crippen LogP contribution is 2.20. The fourth-order valence-electron chi connectivity index (χ4n) is 3.94. The normalized spacial score (nSPS) is 12.4.